The summed E-state index contributed by atoms with van der Waals surface area (Å²) in [7, 11) is 0. The summed E-state index contributed by atoms with van der Waals surface area (Å²) in [6, 6.07) is 1.42. The number of rotatable bonds is 5. The van der Waals surface area contributed by atoms with Crippen LogP contribution in [0.2, 0.25) is 0 Å². The highest BCUT2D eigenvalue weighted by Crippen LogP contribution is 2.66. The van der Waals surface area contributed by atoms with Crippen molar-refractivity contribution < 1.29 is 0 Å². The third-order valence-electron chi connectivity index (χ3n) is 3.42. The Kier molecular flexibility index (Phi) is 3.26. The van der Waals surface area contributed by atoms with Crippen LogP contribution in [-0.4, -0.2) is 52.3 Å². The van der Waals surface area contributed by atoms with Crippen molar-refractivity contribution in [2.75, 3.05) is 26.2 Å². The van der Waals surface area contributed by atoms with E-state index in [-0.39, 0.29) is 0 Å². The van der Waals surface area contributed by atoms with E-state index in [1.54, 1.807) is 0 Å². The minimum Gasteiger partial charge on any atom is -0.252 e. The lowest BCUT2D eigenvalue weighted by Gasteiger charge is -2.36. The Hall–Kier alpha value is 0.530. The van der Waals surface area contributed by atoms with Gasteiger partial charge in [0.1, 0.15) is 6.49 Å². The van der Waals surface area contributed by atoms with Gasteiger partial charge in [-0.15, -0.1) is 0 Å². The van der Waals surface area contributed by atoms with Crippen molar-refractivity contribution >= 4 is 18.3 Å². The van der Waals surface area contributed by atoms with Gasteiger partial charge in [0.15, 0.2) is 0 Å². The molecule has 15 heavy (non-hydrogen) atoms. The van der Waals surface area contributed by atoms with Crippen LogP contribution >= 0.6 is 6.49 Å². The van der Waals surface area contributed by atoms with Crippen LogP contribution in [0.4, 0.5) is 0 Å². The molecule has 88 valence electrons. The maximum atomic E-state index is 6.04. The lowest BCUT2D eigenvalue weighted by molar-refractivity contribution is 0.456. The molecule has 0 spiro atoms. The quantitative estimate of drug-likeness (QED) is 0.542. The van der Waals surface area contributed by atoms with E-state index >= 15 is 0 Å². The fourth-order valence-electron chi connectivity index (χ4n) is 2.24. The van der Waals surface area contributed by atoms with Crippen LogP contribution in [-0.2, 0) is 11.8 Å². The molecule has 0 aromatic carbocycles. The number of nitrogens with zero attached hydrogens (tertiary/aromatic N) is 3. The van der Waals surface area contributed by atoms with Crippen LogP contribution in [0.3, 0.4) is 0 Å². The first-order chi connectivity index (χ1) is 7.05. The van der Waals surface area contributed by atoms with E-state index in [0.717, 1.165) is 13.1 Å². The van der Waals surface area contributed by atoms with Crippen molar-refractivity contribution in [1.29, 1.82) is 0 Å². The maximum absolute atomic E-state index is 6.04. The molecule has 0 aromatic heterocycles. The molecule has 2 heterocycles. The molecule has 4 unspecified atom stereocenters. The SMILES string of the molecule is CCN(CC)P(=S)(N1CC1C)N1CC1C. The molecule has 2 aliphatic heterocycles. The second-order valence-electron chi connectivity index (χ2n) is 4.59. The monoisotopic (exact) mass is 247 g/mol. The standard InChI is InChI=1S/C10H22N3PS/c1-5-11(6-2)14(15,12-7-9(12)3)13-8-10(13)4/h9-10H,5-8H2,1-4H3. The fourth-order valence-corrected chi connectivity index (χ4v) is 7.90. The van der Waals surface area contributed by atoms with Crippen molar-refractivity contribution in [3.63, 3.8) is 0 Å². The molecule has 2 fully saturated rings. The summed E-state index contributed by atoms with van der Waals surface area (Å²) in [5.41, 5.74) is 0. The van der Waals surface area contributed by atoms with Gasteiger partial charge in [0.25, 0.3) is 0 Å². The zero-order chi connectivity index (χ0) is 11.2. The fraction of sp³-hybridized carbons (Fsp3) is 1.00. The van der Waals surface area contributed by atoms with E-state index < -0.39 is 6.49 Å². The van der Waals surface area contributed by atoms with E-state index in [9.17, 15) is 0 Å². The molecule has 3 nitrogen and oxygen atoms in total. The van der Waals surface area contributed by atoms with Crippen LogP contribution in [0.25, 0.3) is 0 Å². The van der Waals surface area contributed by atoms with Gasteiger partial charge < -0.3 is 0 Å². The Morgan fingerprint density at radius 1 is 1.13 bits per heavy atom. The largest absolute Gasteiger partial charge is 0.252 e. The second kappa shape index (κ2) is 4.08. The van der Waals surface area contributed by atoms with Crippen LogP contribution < -0.4 is 0 Å². The molecule has 0 radical (unpaired) electrons. The summed E-state index contributed by atoms with van der Waals surface area (Å²) in [6.45, 7) is 12.1. The third kappa shape index (κ3) is 1.91. The first-order valence-electron chi connectivity index (χ1n) is 5.95. The molecule has 2 aliphatic rings. The van der Waals surface area contributed by atoms with Crippen LogP contribution in [0.5, 0.6) is 0 Å². The molecule has 0 aromatic rings. The van der Waals surface area contributed by atoms with Crippen molar-refractivity contribution in [3.05, 3.63) is 0 Å². The molecule has 0 amide bonds. The molecule has 5 heteroatoms. The van der Waals surface area contributed by atoms with Gasteiger partial charge in [-0.05, 0) is 25.7 Å². The van der Waals surface area contributed by atoms with E-state index in [1.807, 2.05) is 0 Å². The summed E-state index contributed by atoms with van der Waals surface area (Å²) in [5, 5.41) is 0. The maximum Gasteiger partial charge on any atom is 0.146 e. The molecule has 4 atom stereocenters. The normalized spacial score (nSPS) is 42.7. The Balaban J connectivity index is 2.19. The summed E-state index contributed by atoms with van der Waals surface area (Å²) in [6.07, 6.45) is 0. The molecule has 0 aliphatic carbocycles. The molecule has 0 saturated carbocycles. The van der Waals surface area contributed by atoms with Gasteiger partial charge in [0.2, 0.25) is 0 Å². The smallest absolute Gasteiger partial charge is 0.146 e. The van der Waals surface area contributed by atoms with Gasteiger partial charge in [-0.3, -0.25) is 4.67 Å². The highest BCUT2D eigenvalue weighted by molar-refractivity contribution is 8.11. The van der Waals surface area contributed by atoms with E-state index in [4.69, 9.17) is 11.8 Å². The van der Waals surface area contributed by atoms with Crippen molar-refractivity contribution in [2.45, 2.75) is 39.8 Å². The minimum atomic E-state index is -1.53. The van der Waals surface area contributed by atoms with Gasteiger partial charge in [-0.2, -0.15) is 0 Å². The second-order valence-corrected chi connectivity index (χ2v) is 8.68. The van der Waals surface area contributed by atoms with Crippen LogP contribution in [0, 0.1) is 0 Å². The topological polar surface area (TPSA) is 9.26 Å². The molecule has 0 bridgehead atoms. The van der Waals surface area contributed by atoms with Crippen molar-refractivity contribution in [3.8, 4) is 0 Å². The van der Waals surface area contributed by atoms with E-state index in [2.05, 4.69) is 41.7 Å². The molecule has 2 rings (SSSR count). The zero-order valence-electron chi connectivity index (χ0n) is 10.2. The molecular formula is C10H22N3PS. The van der Waals surface area contributed by atoms with Crippen LogP contribution in [0.1, 0.15) is 27.7 Å². The summed E-state index contributed by atoms with van der Waals surface area (Å²) in [5.74, 6) is 0. The number of hydrogen-bond acceptors (Lipinski definition) is 1. The lowest BCUT2D eigenvalue weighted by atomic mass is 10.6. The van der Waals surface area contributed by atoms with Crippen molar-refractivity contribution in [1.82, 2.24) is 14.0 Å². The molecular weight excluding hydrogens is 225 g/mol. The average Bonchev–Trinajstić information content (AvgIpc) is 3.07. The van der Waals surface area contributed by atoms with Crippen LogP contribution in [0.15, 0.2) is 0 Å². The van der Waals surface area contributed by atoms with Gasteiger partial charge >= 0.3 is 0 Å². The Morgan fingerprint density at radius 3 is 1.67 bits per heavy atom. The van der Waals surface area contributed by atoms with E-state index in [1.165, 1.54) is 13.1 Å². The highest BCUT2D eigenvalue weighted by atomic mass is 32.4. The Morgan fingerprint density at radius 2 is 1.47 bits per heavy atom. The van der Waals surface area contributed by atoms with E-state index in [0.29, 0.717) is 12.1 Å². The predicted octanol–water partition coefficient (Wildman–Crippen LogP) is 1.96. The third-order valence-corrected chi connectivity index (χ3v) is 9.13. The van der Waals surface area contributed by atoms with Gasteiger partial charge in [0.05, 0.1) is 0 Å². The summed E-state index contributed by atoms with van der Waals surface area (Å²) >= 11 is 6.04. The van der Waals surface area contributed by atoms with Gasteiger partial charge in [-0.1, -0.05) is 13.8 Å². The van der Waals surface area contributed by atoms with Crippen molar-refractivity contribution in [2.24, 2.45) is 0 Å². The Labute approximate surface area is 98.6 Å². The molecule has 2 saturated heterocycles. The zero-order valence-corrected chi connectivity index (χ0v) is 11.9. The first kappa shape index (κ1) is 12.0. The molecule has 0 N–H and O–H groups in total. The Bertz CT molecular complexity index is 272. The summed E-state index contributed by atoms with van der Waals surface area (Å²) < 4.78 is 7.59. The average molecular weight is 247 g/mol. The lowest BCUT2D eigenvalue weighted by Crippen LogP contribution is -2.28. The number of hydrogen-bond donors (Lipinski definition) is 0. The first-order valence-corrected chi connectivity index (χ1v) is 8.61. The predicted molar refractivity (Wildman–Crippen MR) is 69.5 cm³/mol. The van der Waals surface area contributed by atoms with Gasteiger partial charge in [0, 0.05) is 38.3 Å². The minimum absolute atomic E-state index is 0.712. The highest BCUT2D eigenvalue weighted by Gasteiger charge is 2.53. The summed E-state index contributed by atoms with van der Waals surface area (Å²) in [4.78, 5) is 0. The van der Waals surface area contributed by atoms with Gasteiger partial charge in [-0.25, -0.2) is 9.34 Å².